The number of non-ortho nitro benzene ring substituents is 1. The van der Waals surface area contributed by atoms with Gasteiger partial charge in [-0.3, -0.25) is 10.1 Å². The molecule has 0 aromatic heterocycles. The molecule has 0 fully saturated rings. The summed E-state index contributed by atoms with van der Waals surface area (Å²) in [6, 6.07) is 9.65. The summed E-state index contributed by atoms with van der Waals surface area (Å²) in [6.07, 6.45) is 0. The smallest absolute Gasteiger partial charge is 0.269 e. The summed E-state index contributed by atoms with van der Waals surface area (Å²) in [7, 11) is 0. The minimum atomic E-state index is -1.37. The number of carbonyl (C=O) groups is 1. The molecule has 0 aliphatic carbocycles. The third kappa shape index (κ3) is 3.18. The van der Waals surface area contributed by atoms with E-state index in [0.717, 1.165) is 0 Å². The van der Waals surface area contributed by atoms with Crippen molar-refractivity contribution in [3.8, 4) is 11.1 Å². The van der Waals surface area contributed by atoms with Crippen LogP contribution in [0.3, 0.4) is 0 Å². The van der Waals surface area contributed by atoms with Gasteiger partial charge in [-0.1, -0.05) is 6.07 Å². The number of nitrogens with zero attached hydrogens (tertiary/aromatic N) is 2. The Morgan fingerprint density at radius 3 is 2.23 bits per heavy atom. The van der Waals surface area contributed by atoms with E-state index in [1.807, 2.05) is 0 Å². The van der Waals surface area contributed by atoms with E-state index >= 15 is 0 Å². The van der Waals surface area contributed by atoms with Gasteiger partial charge in [-0.05, 0) is 35.4 Å². The number of nitro benzene ring substituents is 1. The Bertz CT molecular complexity index is 765. The molecule has 0 saturated carbocycles. The van der Waals surface area contributed by atoms with Crippen LogP contribution in [0.2, 0.25) is 0 Å². The lowest BCUT2D eigenvalue weighted by atomic mass is 9.99. The second-order valence-corrected chi connectivity index (χ2v) is 4.36. The Hall–Kier alpha value is -3.42. The van der Waals surface area contributed by atoms with Crippen LogP contribution < -0.4 is 16.6 Å². The predicted molar refractivity (Wildman–Crippen MR) is 78.3 cm³/mol. The second-order valence-electron chi connectivity index (χ2n) is 4.36. The molecule has 0 heterocycles. The molecule has 22 heavy (non-hydrogen) atoms. The molecule has 112 valence electrons. The zero-order valence-corrected chi connectivity index (χ0v) is 11.2. The van der Waals surface area contributed by atoms with Crippen LogP contribution in [-0.4, -0.2) is 16.9 Å². The number of aromatic carboxylic acids is 1. The van der Waals surface area contributed by atoms with Crippen molar-refractivity contribution >= 4 is 23.3 Å². The van der Waals surface area contributed by atoms with Crippen molar-refractivity contribution in [3.63, 3.8) is 0 Å². The van der Waals surface area contributed by atoms with Crippen molar-refractivity contribution in [1.82, 2.24) is 0 Å². The number of rotatable bonds is 4. The fourth-order valence-electron chi connectivity index (χ4n) is 1.93. The number of carboxylic acids is 1. The van der Waals surface area contributed by atoms with E-state index in [4.69, 9.17) is 11.5 Å². The van der Waals surface area contributed by atoms with Gasteiger partial charge in [-0.25, -0.2) is 4.99 Å². The van der Waals surface area contributed by atoms with Crippen molar-refractivity contribution in [3.05, 3.63) is 58.1 Å². The van der Waals surface area contributed by atoms with Gasteiger partial charge < -0.3 is 21.4 Å². The highest BCUT2D eigenvalue weighted by Crippen LogP contribution is 2.29. The third-order valence-corrected chi connectivity index (χ3v) is 2.87. The number of aliphatic imine (C=N–C) groups is 1. The lowest BCUT2D eigenvalue weighted by Gasteiger charge is -2.11. The topological polar surface area (TPSA) is 148 Å². The molecule has 8 nitrogen and oxygen atoms in total. The highest BCUT2D eigenvalue weighted by atomic mass is 16.6. The molecule has 0 radical (unpaired) electrons. The molecule has 8 heteroatoms. The minimum Gasteiger partial charge on any atom is -0.545 e. The Kier molecular flexibility index (Phi) is 4.03. The van der Waals surface area contributed by atoms with Gasteiger partial charge in [0.05, 0.1) is 16.6 Å². The number of hydrogen-bond acceptors (Lipinski definition) is 5. The Morgan fingerprint density at radius 2 is 1.73 bits per heavy atom. The molecule has 0 aliphatic rings. The number of nitrogens with two attached hydrogens (primary N) is 2. The normalized spacial score (nSPS) is 10.0. The zero-order valence-electron chi connectivity index (χ0n) is 11.2. The SMILES string of the molecule is NC(N)=Nc1ccc(C(=O)[O-])c(-c2ccc([N+](=O)[O-])cc2)c1. The van der Waals surface area contributed by atoms with E-state index in [1.165, 1.54) is 42.5 Å². The van der Waals surface area contributed by atoms with Crippen LogP contribution >= 0.6 is 0 Å². The van der Waals surface area contributed by atoms with Crippen LogP contribution in [-0.2, 0) is 0 Å². The maximum atomic E-state index is 11.2. The van der Waals surface area contributed by atoms with Crippen LogP contribution in [0.15, 0.2) is 47.5 Å². The van der Waals surface area contributed by atoms with Crippen molar-refractivity contribution in [2.24, 2.45) is 16.5 Å². The summed E-state index contributed by atoms with van der Waals surface area (Å²) in [6.45, 7) is 0. The second kappa shape index (κ2) is 5.92. The summed E-state index contributed by atoms with van der Waals surface area (Å²) in [4.78, 5) is 25.2. The largest absolute Gasteiger partial charge is 0.545 e. The minimum absolute atomic E-state index is 0.0663. The lowest BCUT2D eigenvalue weighted by molar-refractivity contribution is -0.384. The number of hydrogen-bond donors (Lipinski definition) is 2. The van der Waals surface area contributed by atoms with Crippen LogP contribution in [0.4, 0.5) is 11.4 Å². The first-order valence-electron chi connectivity index (χ1n) is 6.08. The molecule has 0 spiro atoms. The fourth-order valence-corrected chi connectivity index (χ4v) is 1.93. The number of guanidine groups is 1. The van der Waals surface area contributed by atoms with Gasteiger partial charge in [0.25, 0.3) is 5.69 Å². The number of carboxylic acid groups (broad SMARTS) is 1. The van der Waals surface area contributed by atoms with Crippen molar-refractivity contribution in [1.29, 1.82) is 0 Å². The summed E-state index contributed by atoms with van der Waals surface area (Å²) in [5.74, 6) is -1.54. The molecule has 2 aromatic carbocycles. The van der Waals surface area contributed by atoms with Gasteiger partial charge in [0, 0.05) is 17.7 Å². The van der Waals surface area contributed by atoms with E-state index < -0.39 is 10.9 Å². The first-order chi connectivity index (χ1) is 10.4. The maximum absolute atomic E-state index is 11.2. The molecule has 0 saturated heterocycles. The molecule has 0 unspecified atom stereocenters. The van der Waals surface area contributed by atoms with E-state index in [-0.39, 0.29) is 17.2 Å². The highest BCUT2D eigenvalue weighted by Gasteiger charge is 2.10. The van der Waals surface area contributed by atoms with Gasteiger partial charge in [-0.2, -0.15) is 0 Å². The molecule has 2 rings (SSSR count). The Morgan fingerprint density at radius 1 is 1.09 bits per heavy atom. The van der Waals surface area contributed by atoms with Crippen LogP contribution in [0.5, 0.6) is 0 Å². The number of carbonyl (C=O) groups excluding carboxylic acids is 1. The quantitative estimate of drug-likeness (QED) is 0.364. The van der Waals surface area contributed by atoms with Crippen LogP contribution in [0.25, 0.3) is 11.1 Å². The Labute approximate surface area is 124 Å². The number of nitro groups is 1. The van der Waals surface area contributed by atoms with E-state index in [9.17, 15) is 20.0 Å². The average molecular weight is 299 g/mol. The van der Waals surface area contributed by atoms with E-state index in [0.29, 0.717) is 16.8 Å². The van der Waals surface area contributed by atoms with Crippen molar-refractivity contribution < 1.29 is 14.8 Å². The first-order valence-corrected chi connectivity index (χ1v) is 6.08. The zero-order chi connectivity index (χ0) is 16.3. The average Bonchev–Trinajstić information content (AvgIpc) is 2.46. The molecule has 0 atom stereocenters. The summed E-state index contributed by atoms with van der Waals surface area (Å²) >= 11 is 0. The molecule has 2 aromatic rings. The monoisotopic (exact) mass is 299 g/mol. The standard InChI is InChI=1S/C14H12N4O4/c15-14(16)17-9-3-6-11(13(19)20)12(7-9)8-1-4-10(5-2-8)18(21)22/h1-7H,(H,19,20)(H4,15,16,17)/p-1. The van der Waals surface area contributed by atoms with E-state index in [1.54, 1.807) is 0 Å². The molecular weight excluding hydrogens is 288 g/mol. The maximum Gasteiger partial charge on any atom is 0.269 e. The Balaban J connectivity index is 2.57. The molecule has 0 amide bonds. The van der Waals surface area contributed by atoms with Crippen LogP contribution in [0.1, 0.15) is 10.4 Å². The molecule has 0 aliphatic heterocycles. The number of benzene rings is 2. The van der Waals surface area contributed by atoms with Gasteiger partial charge in [0.2, 0.25) is 0 Å². The predicted octanol–water partition coefficient (Wildman–Crippen LogP) is 0.530. The fraction of sp³-hybridized carbons (Fsp3) is 0. The molecule has 4 N–H and O–H groups in total. The summed E-state index contributed by atoms with van der Waals surface area (Å²) in [5, 5.41) is 21.9. The van der Waals surface area contributed by atoms with Gasteiger partial charge in [0.1, 0.15) is 0 Å². The molecular formula is C14H11N4O4-. The van der Waals surface area contributed by atoms with Gasteiger partial charge in [0.15, 0.2) is 5.96 Å². The summed E-state index contributed by atoms with van der Waals surface area (Å²) in [5.41, 5.74) is 11.5. The van der Waals surface area contributed by atoms with E-state index in [2.05, 4.69) is 4.99 Å². The molecule has 0 bridgehead atoms. The van der Waals surface area contributed by atoms with Gasteiger partial charge in [-0.15, -0.1) is 0 Å². The van der Waals surface area contributed by atoms with Crippen molar-refractivity contribution in [2.45, 2.75) is 0 Å². The first kappa shape index (κ1) is 15.0. The summed E-state index contributed by atoms with van der Waals surface area (Å²) < 4.78 is 0. The lowest BCUT2D eigenvalue weighted by Crippen LogP contribution is -2.23. The van der Waals surface area contributed by atoms with Gasteiger partial charge >= 0.3 is 0 Å². The van der Waals surface area contributed by atoms with Crippen molar-refractivity contribution in [2.75, 3.05) is 0 Å². The third-order valence-electron chi connectivity index (χ3n) is 2.87. The van der Waals surface area contributed by atoms with Crippen LogP contribution in [0, 0.1) is 10.1 Å². The highest BCUT2D eigenvalue weighted by molar-refractivity contribution is 5.96.